The lowest BCUT2D eigenvalue weighted by atomic mass is 9.93. The summed E-state index contributed by atoms with van der Waals surface area (Å²) >= 11 is 6.13. The van der Waals surface area contributed by atoms with E-state index in [2.05, 4.69) is 5.32 Å². The number of fused-ring (bicyclic) bond motifs is 1. The van der Waals surface area contributed by atoms with Crippen molar-refractivity contribution in [3.05, 3.63) is 64.2 Å². The summed E-state index contributed by atoms with van der Waals surface area (Å²) in [6.07, 6.45) is 2.40. The van der Waals surface area contributed by atoms with Gasteiger partial charge in [0.05, 0.1) is 0 Å². The van der Waals surface area contributed by atoms with Crippen molar-refractivity contribution in [1.82, 2.24) is 0 Å². The lowest BCUT2D eigenvalue weighted by Crippen LogP contribution is -2.16. The van der Waals surface area contributed by atoms with Gasteiger partial charge in [0.25, 0.3) is 0 Å². The number of hydrogen-bond donors (Lipinski definition) is 1. The molecule has 0 saturated heterocycles. The summed E-state index contributed by atoms with van der Waals surface area (Å²) < 4.78 is 0. The Morgan fingerprint density at radius 2 is 2.00 bits per heavy atom. The molecule has 1 heterocycles. The van der Waals surface area contributed by atoms with E-state index in [1.165, 1.54) is 0 Å². The van der Waals surface area contributed by atoms with Crippen LogP contribution in [0.5, 0.6) is 0 Å². The number of carbonyl (C=O) groups is 1. The summed E-state index contributed by atoms with van der Waals surface area (Å²) in [5, 5.41) is 4.01. The van der Waals surface area contributed by atoms with Gasteiger partial charge in [0.2, 0.25) is 0 Å². The third-order valence-electron chi connectivity index (χ3n) is 3.70. The Hall–Kier alpha value is -1.80. The number of nitrogens with one attached hydrogen (secondary N) is 1. The zero-order valence-corrected chi connectivity index (χ0v) is 11.9. The van der Waals surface area contributed by atoms with Crippen LogP contribution in [-0.2, 0) is 12.8 Å². The van der Waals surface area contributed by atoms with Gasteiger partial charge in [-0.15, -0.1) is 0 Å². The summed E-state index contributed by atoms with van der Waals surface area (Å²) in [4.78, 5) is 12.6. The maximum Gasteiger partial charge on any atom is 0.167 e. The lowest BCUT2D eigenvalue weighted by Gasteiger charge is -2.20. The standard InChI is InChI=1S/C17H16ClNO/c18-15-8-2-1-5-12(15)11-17(20)14-6-3-9-16-13(14)7-4-10-19-16/h1-3,5-6,8-9,19H,4,7,10-11H2. The van der Waals surface area contributed by atoms with Crippen molar-refractivity contribution in [2.75, 3.05) is 11.9 Å². The molecule has 0 bridgehead atoms. The van der Waals surface area contributed by atoms with Gasteiger partial charge < -0.3 is 5.32 Å². The summed E-state index contributed by atoms with van der Waals surface area (Å²) in [6.45, 7) is 0.981. The molecule has 0 spiro atoms. The number of hydrogen-bond acceptors (Lipinski definition) is 2. The molecular weight excluding hydrogens is 270 g/mol. The van der Waals surface area contributed by atoms with Crippen LogP contribution < -0.4 is 5.32 Å². The molecule has 0 aromatic heterocycles. The summed E-state index contributed by atoms with van der Waals surface area (Å²) in [5.41, 5.74) is 3.97. The van der Waals surface area contributed by atoms with Crippen LogP contribution in [0.2, 0.25) is 5.02 Å². The fourth-order valence-electron chi connectivity index (χ4n) is 2.68. The third kappa shape index (κ3) is 2.56. The first kappa shape index (κ1) is 13.2. The van der Waals surface area contributed by atoms with Crippen molar-refractivity contribution >= 4 is 23.1 Å². The number of benzene rings is 2. The van der Waals surface area contributed by atoms with E-state index in [-0.39, 0.29) is 5.78 Å². The minimum absolute atomic E-state index is 0.138. The van der Waals surface area contributed by atoms with Gasteiger partial charge in [-0.3, -0.25) is 4.79 Å². The first-order valence-electron chi connectivity index (χ1n) is 6.88. The predicted molar refractivity (Wildman–Crippen MR) is 82.7 cm³/mol. The Bertz CT molecular complexity index is 651. The van der Waals surface area contributed by atoms with Gasteiger partial charge in [-0.1, -0.05) is 41.9 Å². The van der Waals surface area contributed by atoms with E-state index in [0.717, 1.165) is 41.8 Å². The van der Waals surface area contributed by atoms with E-state index in [1.807, 2.05) is 42.5 Å². The monoisotopic (exact) mass is 285 g/mol. The van der Waals surface area contributed by atoms with Gasteiger partial charge in [0.1, 0.15) is 0 Å². The zero-order valence-electron chi connectivity index (χ0n) is 11.2. The van der Waals surface area contributed by atoms with Crippen LogP contribution in [0, 0.1) is 0 Å². The SMILES string of the molecule is O=C(Cc1ccccc1Cl)c1cccc2c1CCCN2. The molecule has 0 aliphatic carbocycles. The molecule has 3 rings (SSSR count). The molecule has 2 aromatic rings. The van der Waals surface area contributed by atoms with Crippen molar-refractivity contribution in [2.45, 2.75) is 19.3 Å². The molecule has 1 N–H and O–H groups in total. The van der Waals surface area contributed by atoms with E-state index >= 15 is 0 Å². The van der Waals surface area contributed by atoms with Gasteiger partial charge in [-0.25, -0.2) is 0 Å². The summed E-state index contributed by atoms with van der Waals surface area (Å²) in [7, 11) is 0. The quantitative estimate of drug-likeness (QED) is 0.860. The van der Waals surface area contributed by atoms with Crippen LogP contribution in [0.1, 0.15) is 27.9 Å². The Morgan fingerprint density at radius 1 is 1.15 bits per heavy atom. The van der Waals surface area contributed by atoms with Crippen molar-refractivity contribution in [3.8, 4) is 0 Å². The summed E-state index contributed by atoms with van der Waals surface area (Å²) in [6, 6.07) is 13.4. The predicted octanol–water partition coefficient (Wildman–Crippen LogP) is 4.12. The molecule has 0 saturated carbocycles. The zero-order chi connectivity index (χ0) is 13.9. The molecule has 0 amide bonds. The summed E-state index contributed by atoms with van der Waals surface area (Å²) in [5.74, 6) is 0.138. The third-order valence-corrected chi connectivity index (χ3v) is 4.07. The molecule has 102 valence electrons. The van der Waals surface area contributed by atoms with E-state index in [4.69, 9.17) is 11.6 Å². The molecule has 1 aliphatic heterocycles. The van der Waals surface area contributed by atoms with Gasteiger partial charge in [0.15, 0.2) is 5.78 Å². The number of halogens is 1. The molecule has 0 unspecified atom stereocenters. The molecule has 2 aromatic carbocycles. The van der Waals surface area contributed by atoms with E-state index in [9.17, 15) is 4.79 Å². The average Bonchev–Trinajstić information content (AvgIpc) is 2.49. The van der Waals surface area contributed by atoms with Crippen molar-refractivity contribution in [2.24, 2.45) is 0 Å². The molecule has 1 aliphatic rings. The second-order valence-electron chi connectivity index (χ2n) is 5.05. The van der Waals surface area contributed by atoms with Gasteiger partial charge >= 0.3 is 0 Å². The minimum atomic E-state index is 0.138. The molecule has 0 atom stereocenters. The van der Waals surface area contributed by atoms with Crippen LogP contribution in [-0.4, -0.2) is 12.3 Å². The normalized spacial score (nSPS) is 13.4. The van der Waals surface area contributed by atoms with Gasteiger partial charge in [0, 0.05) is 29.2 Å². The van der Waals surface area contributed by atoms with Crippen molar-refractivity contribution in [1.29, 1.82) is 0 Å². The number of anilines is 1. The lowest BCUT2D eigenvalue weighted by molar-refractivity contribution is 0.0992. The fourth-order valence-corrected chi connectivity index (χ4v) is 2.88. The molecule has 3 heteroatoms. The van der Waals surface area contributed by atoms with Crippen LogP contribution in [0.25, 0.3) is 0 Å². The Labute approximate surface area is 123 Å². The highest BCUT2D eigenvalue weighted by Gasteiger charge is 2.18. The van der Waals surface area contributed by atoms with E-state index in [1.54, 1.807) is 0 Å². The van der Waals surface area contributed by atoms with Gasteiger partial charge in [-0.2, -0.15) is 0 Å². The highest BCUT2D eigenvalue weighted by molar-refractivity contribution is 6.31. The molecule has 20 heavy (non-hydrogen) atoms. The first-order valence-corrected chi connectivity index (χ1v) is 7.26. The highest BCUT2D eigenvalue weighted by atomic mass is 35.5. The van der Waals surface area contributed by atoms with Crippen molar-refractivity contribution < 1.29 is 4.79 Å². The average molecular weight is 286 g/mol. The van der Waals surface area contributed by atoms with Crippen LogP contribution in [0.15, 0.2) is 42.5 Å². The number of rotatable bonds is 3. The van der Waals surface area contributed by atoms with Crippen LogP contribution in [0.3, 0.4) is 0 Å². The van der Waals surface area contributed by atoms with Gasteiger partial charge in [-0.05, 0) is 36.1 Å². The van der Waals surface area contributed by atoms with Crippen LogP contribution >= 0.6 is 11.6 Å². The second-order valence-corrected chi connectivity index (χ2v) is 5.46. The van der Waals surface area contributed by atoms with E-state index in [0.29, 0.717) is 11.4 Å². The van der Waals surface area contributed by atoms with Crippen LogP contribution in [0.4, 0.5) is 5.69 Å². The maximum absolute atomic E-state index is 12.6. The van der Waals surface area contributed by atoms with Crippen molar-refractivity contribution in [3.63, 3.8) is 0 Å². The first-order chi connectivity index (χ1) is 9.75. The smallest absolute Gasteiger partial charge is 0.167 e. The number of carbonyl (C=O) groups excluding carboxylic acids is 1. The maximum atomic E-state index is 12.6. The number of ketones is 1. The molecule has 0 fully saturated rings. The number of Topliss-reactive ketones (excluding diaryl/α,β-unsaturated/α-hetero) is 1. The fraction of sp³-hybridized carbons (Fsp3) is 0.235. The largest absolute Gasteiger partial charge is 0.385 e. The van der Waals surface area contributed by atoms with E-state index < -0.39 is 0 Å². The Kier molecular flexibility index (Phi) is 3.75. The highest BCUT2D eigenvalue weighted by Crippen LogP contribution is 2.27. The minimum Gasteiger partial charge on any atom is -0.385 e. The Balaban J connectivity index is 1.90. The molecule has 2 nitrogen and oxygen atoms in total. The Morgan fingerprint density at radius 3 is 2.85 bits per heavy atom. The topological polar surface area (TPSA) is 29.1 Å². The molecule has 0 radical (unpaired) electrons. The second kappa shape index (κ2) is 5.68. The molecular formula is C17H16ClNO.